The van der Waals surface area contributed by atoms with E-state index in [1.54, 1.807) is 10.8 Å². The lowest BCUT2D eigenvalue weighted by Gasteiger charge is -2.37. The number of fused-ring (bicyclic) bond motifs is 1. The van der Waals surface area contributed by atoms with Gasteiger partial charge in [0.05, 0.1) is 16.8 Å². The van der Waals surface area contributed by atoms with Crippen molar-refractivity contribution < 1.29 is 14.3 Å². The zero-order valence-corrected chi connectivity index (χ0v) is 18.2. The Kier molecular flexibility index (Phi) is 5.30. The molecule has 0 unspecified atom stereocenters. The minimum atomic E-state index is -1.33. The fourth-order valence-corrected chi connectivity index (χ4v) is 4.63. The van der Waals surface area contributed by atoms with Crippen molar-refractivity contribution in [3.63, 3.8) is 0 Å². The van der Waals surface area contributed by atoms with E-state index in [0.717, 1.165) is 16.7 Å². The number of nitrogens with zero attached hydrogens (tertiary/aromatic N) is 2. The molecular formula is C29H21FN2O2. The average molecular weight is 448 g/mol. The predicted octanol–water partition coefficient (Wildman–Crippen LogP) is 6.36. The zero-order chi connectivity index (χ0) is 23.7. The Morgan fingerprint density at radius 3 is 1.74 bits per heavy atom. The van der Waals surface area contributed by atoms with Gasteiger partial charge in [0, 0.05) is 11.5 Å². The molecule has 34 heavy (non-hydrogen) atoms. The Morgan fingerprint density at radius 2 is 1.32 bits per heavy atom. The van der Waals surface area contributed by atoms with Gasteiger partial charge in [-0.3, -0.25) is 0 Å². The number of carboxylic acid groups (broad SMARTS) is 1. The molecule has 0 aliphatic heterocycles. The Morgan fingerprint density at radius 1 is 0.853 bits per heavy atom. The first-order valence-electron chi connectivity index (χ1n) is 10.8. The Bertz CT molecular complexity index is 1400. The molecule has 0 aliphatic carbocycles. The third kappa shape index (κ3) is 3.21. The van der Waals surface area contributed by atoms with Gasteiger partial charge in [-0.1, -0.05) is 97.6 Å². The van der Waals surface area contributed by atoms with Gasteiger partial charge in [0.2, 0.25) is 0 Å². The summed E-state index contributed by atoms with van der Waals surface area (Å²) in [5.74, 6) is -2.15. The topological polar surface area (TPSA) is 55.1 Å². The van der Waals surface area contributed by atoms with Crippen molar-refractivity contribution in [1.29, 1.82) is 0 Å². The van der Waals surface area contributed by atoms with Crippen LogP contribution in [0.25, 0.3) is 17.0 Å². The predicted molar refractivity (Wildman–Crippen MR) is 131 cm³/mol. The molecule has 0 fully saturated rings. The highest BCUT2D eigenvalue weighted by Gasteiger charge is 2.41. The third-order valence-electron chi connectivity index (χ3n) is 6.11. The molecule has 5 heteroatoms. The highest BCUT2D eigenvalue weighted by Crippen LogP contribution is 2.43. The number of carbonyl (C=O) groups is 1. The fourth-order valence-electron chi connectivity index (χ4n) is 4.63. The SMILES string of the molecule is C=Cc1nn(C(c2ccccc2)(c2ccccc2)c2ccccc2)c2cc(F)c(C(=O)O)cc12. The van der Waals surface area contributed by atoms with E-state index in [9.17, 15) is 9.90 Å². The standard InChI is InChI=1S/C29H21FN2O2/c1-2-26-24-18-23(28(33)34)25(30)19-27(24)32(31-26)29(20-12-6-3-7-13-20,21-14-8-4-9-15-21)22-16-10-5-11-17-22/h2-19H,1H2,(H,33,34). The van der Waals surface area contributed by atoms with Crippen molar-refractivity contribution in [1.82, 2.24) is 9.78 Å². The van der Waals surface area contributed by atoms with Crippen LogP contribution in [0, 0.1) is 5.82 Å². The van der Waals surface area contributed by atoms with Crippen molar-refractivity contribution in [3.05, 3.63) is 143 Å². The zero-order valence-electron chi connectivity index (χ0n) is 18.2. The number of hydrogen-bond donors (Lipinski definition) is 1. The first kappa shape index (κ1) is 21.3. The van der Waals surface area contributed by atoms with Crippen LogP contribution in [0.15, 0.2) is 110 Å². The molecule has 5 rings (SSSR count). The number of aromatic nitrogens is 2. The number of benzene rings is 4. The summed E-state index contributed by atoms with van der Waals surface area (Å²) in [6.07, 6.45) is 1.56. The lowest BCUT2D eigenvalue weighted by atomic mass is 9.77. The van der Waals surface area contributed by atoms with Gasteiger partial charge in [-0.05, 0) is 28.8 Å². The summed E-state index contributed by atoms with van der Waals surface area (Å²) < 4.78 is 16.8. The van der Waals surface area contributed by atoms with Crippen LogP contribution in [0.1, 0.15) is 32.7 Å². The monoisotopic (exact) mass is 448 g/mol. The van der Waals surface area contributed by atoms with Crippen LogP contribution in [0.2, 0.25) is 0 Å². The molecule has 0 amide bonds. The van der Waals surface area contributed by atoms with E-state index < -0.39 is 22.9 Å². The number of aromatic carboxylic acids is 1. The Labute approximate surface area is 196 Å². The molecule has 1 heterocycles. The molecule has 5 aromatic rings. The van der Waals surface area contributed by atoms with Gasteiger partial charge in [0.1, 0.15) is 11.4 Å². The molecular weight excluding hydrogens is 427 g/mol. The van der Waals surface area contributed by atoms with E-state index in [-0.39, 0.29) is 0 Å². The summed E-state index contributed by atoms with van der Waals surface area (Å²) in [6.45, 7) is 3.87. The first-order valence-corrected chi connectivity index (χ1v) is 10.8. The average Bonchev–Trinajstić information content (AvgIpc) is 3.23. The minimum Gasteiger partial charge on any atom is -0.478 e. The second kappa shape index (κ2) is 8.45. The summed E-state index contributed by atoms with van der Waals surface area (Å²) in [5.41, 5.74) is 2.36. The summed E-state index contributed by atoms with van der Waals surface area (Å²) in [7, 11) is 0. The summed E-state index contributed by atoms with van der Waals surface area (Å²) in [5, 5.41) is 14.9. The van der Waals surface area contributed by atoms with Crippen LogP contribution in [0.4, 0.5) is 4.39 Å². The van der Waals surface area contributed by atoms with Crippen LogP contribution < -0.4 is 0 Å². The number of halogens is 1. The molecule has 0 aliphatic rings. The number of rotatable bonds is 6. The van der Waals surface area contributed by atoms with E-state index in [1.165, 1.54) is 12.1 Å². The Balaban J connectivity index is 2.00. The van der Waals surface area contributed by atoms with Crippen molar-refractivity contribution in [2.45, 2.75) is 5.54 Å². The highest BCUT2D eigenvalue weighted by atomic mass is 19.1. The van der Waals surface area contributed by atoms with Crippen LogP contribution in [-0.2, 0) is 5.54 Å². The van der Waals surface area contributed by atoms with Crippen molar-refractivity contribution in [2.75, 3.05) is 0 Å². The summed E-state index contributed by atoms with van der Waals surface area (Å²) in [6, 6.07) is 32.3. The van der Waals surface area contributed by atoms with E-state index in [1.807, 2.05) is 91.0 Å². The fraction of sp³-hybridized carbons (Fsp3) is 0.0345. The first-order chi connectivity index (χ1) is 16.6. The van der Waals surface area contributed by atoms with Crippen LogP contribution >= 0.6 is 0 Å². The molecule has 0 saturated heterocycles. The van der Waals surface area contributed by atoms with Gasteiger partial charge in [-0.25, -0.2) is 13.9 Å². The molecule has 0 radical (unpaired) electrons. The largest absolute Gasteiger partial charge is 0.478 e. The third-order valence-corrected chi connectivity index (χ3v) is 6.11. The second-order valence-corrected chi connectivity index (χ2v) is 7.96. The van der Waals surface area contributed by atoms with Gasteiger partial charge in [0.15, 0.2) is 0 Å². The molecule has 1 aromatic heterocycles. The Hall–Kier alpha value is -4.51. The molecule has 166 valence electrons. The molecule has 0 spiro atoms. The van der Waals surface area contributed by atoms with Crippen LogP contribution in [-0.4, -0.2) is 20.9 Å². The second-order valence-electron chi connectivity index (χ2n) is 7.96. The molecule has 0 atom stereocenters. The maximum atomic E-state index is 15.0. The van der Waals surface area contributed by atoms with Crippen molar-refractivity contribution >= 4 is 22.9 Å². The van der Waals surface area contributed by atoms with E-state index >= 15 is 4.39 Å². The molecule has 4 nitrogen and oxygen atoms in total. The number of carboxylic acids is 1. The van der Waals surface area contributed by atoms with Gasteiger partial charge in [-0.15, -0.1) is 0 Å². The van der Waals surface area contributed by atoms with Crippen molar-refractivity contribution in [3.8, 4) is 0 Å². The minimum absolute atomic E-state index is 0.403. The number of hydrogen-bond acceptors (Lipinski definition) is 2. The van der Waals surface area contributed by atoms with Gasteiger partial charge < -0.3 is 5.11 Å². The summed E-state index contributed by atoms with van der Waals surface area (Å²) >= 11 is 0. The van der Waals surface area contributed by atoms with E-state index in [0.29, 0.717) is 16.6 Å². The van der Waals surface area contributed by atoms with Crippen LogP contribution in [0.5, 0.6) is 0 Å². The quantitative estimate of drug-likeness (QED) is 0.308. The summed E-state index contributed by atoms with van der Waals surface area (Å²) in [4.78, 5) is 11.6. The highest BCUT2D eigenvalue weighted by molar-refractivity contribution is 5.96. The van der Waals surface area contributed by atoms with Crippen molar-refractivity contribution in [2.24, 2.45) is 0 Å². The van der Waals surface area contributed by atoms with E-state index in [2.05, 4.69) is 6.58 Å². The van der Waals surface area contributed by atoms with Gasteiger partial charge >= 0.3 is 5.97 Å². The van der Waals surface area contributed by atoms with Gasteiger partial charge in [-0.2, -0.15) is 5.10 Å². The molecule has 0 saturated carbocycles. The normalized spacial score (nSPS) is 11.4. The van der Waals surface area contributed by atoms with Gasteiger partial charge in [0.25, 0.3) is 0 Å². The molecule has 4 aromatic carbocycles. The maximum Gasteiger partial charge on any atom is 0.338 e. The lowest BCUT2D eigenvalue weighted by Crippen LogP contribution is -2.38. The smallest absolute Gasteiger partial charge is 0.338 e. The van der Waals surface area contributed by atoms with Crippen LogP contribution in [0.3, 0.4) is 0 Å². The molecule has 0 bridgehead atoms. The maximum absolute atomic E-state index is 15.0. The molecule has 1 N–H and O–H groups in total. The lowest BCUT2D eigenvalue weighted by molar-refractivity contribution is 0.0692. The van der Waals surface area contributed by atoms with E-state index in [4.69, 9.17) is 5.10 Å².